The Morgan fingerprint density at radius 2 is 1.85 bits per heavy atom. The summed E-state index contributed by atoms with van der Waals surface area (Å²) in [5.74, 6) is -1.70. The first kappa shape index (κ1) is 28.0. The van der Waals surface area contributed by atoms with Gasteiger partial charge in [0.1, 0.15) is 17.2 Å². The molecule has 0 saturated carbocycles. The number of hydrogen-bond donors (Lipinski definition) is 2. The van der Waals surface area contributed by atoms with Gasteiger partial charge < -0.3 is 24.8 Å². The minimum absolute atomic E-state index is 0.0834. The Morgan fingerprint density at radius 3 is 2.54 bits per heavy atom. The highest BCUT2D eigenvalue weighted by Crippen LogP contribution is 2.38. The van der Waals surface area contributed by atoms with E-state index in [0.717, 1.165) is 12.8 Å². The molecular formula is C30H31ClN2O6. The molecular weight excluding hydrogens is 520 g/mol. The highest BCUT2D eigenvalue weighted by atomic mass is 35.5. The molecule has 3 aromatic rings. The maximum Gasteiger partial charge on any atom is 0.397 e. The van der Waals surface area contributed by atoms with E-state index in [9.17, 15) is 19.5 Å². The Hall–Kier alpha value is -4.04. The zero-order valence-electron chi connectivity index (χ0n) is 22.1. The lowest BCUT2D eigenvalue weighted by Crippen LogP contribution is -2.47. The summed E-state index contributed by atoms with van der Waals surface area (Å²) in [6.07, 6.45) is 1.81. The molecule has 1 aliphatic rings. The molecule has 0 aromatic heterocycles. The van der Waals surface area contributed by atoms with Crippen molar-refractivity contribution in [2.45, 2.75) is 39.0 Å². The third kappa shape index (κ3) is 6.34. The fourth-order valence-electron chi connectivity index (χ4n) is 4.84. The molecule has 0 radical (unpaired) electrons. The molecule has 8 nitrogen and oxygen atoms in total. The van der Waals surface area contributed by atoms with Gasteiger partial charge in [-0.3, -0.25) is 9.59 Å². The van der Waals surface area contributed by atoms with Crippen LogP contribution < -0.4 is 10.1 Å². The molecule has 3 aromatic carbocycles. The number of carbonyl (C=O) groups is 3. The highest BCUT2D eigenvalue weighted by molar-refractivity contribution is 6.37. The first-order valence-electron chi connectivity index (χ1n) is 12.7. The van der Waals surface area contributed by atoms with E-state index >= 15 is 0 Å². The lowest BCUT2D eigenvalue weighted by Gasteiger charge is -2.41. The number of ether oxygens (including phenoxy) is 2. The van der Waals surface area contributed by atoms with Gasteiger partial charge in [-0.05, 0) is 68.1 Å². The molecule has 0 bridgehead atoms. The van der Waals surface area contributed by atoms with Gasteiger partial charge in [-0.25, -0.2) is 4.79 Å². The van der Waals surface area contributed by atoms with Crippen LogP contribution in [-0.2, 0) is 19.7 Å². The van der Waals surface area contributed by atoms with E-state index in [-0.39, 0.29) is 34.3 Å². The second-order valence-corrected chi connectivity index (χ2v) is 10.2. The van der Waals surface area contributed by atoms with Gasteiger partial charge in [-0.15, -0.1) is 0 Å². The normalized spacial score (nSPS) is 16.9. The molecule has 9 heteroatoms. The molecule has 0 spiro atoms. The van der Waals surface area contributed by atoms with Crippen molar-refractivity contribution >= 4 is 35.1 Å². The number of phenolic OH excluding ortho intramolecular Hbond substituents is 1. The first-order chi connectivity index (χ1) is 18.6. The average molecular weight is 551 g/mol. The third-order valence-electron chi connectivity index (χ3n) is 6.82. The van der Waals surface area contributed by atoms with Crippen LogP contribution in [0.3, 0.4) is 0 Å². The van der Waals surface area contributed by atoms with E-state index in [1.807, 2.05) is 18.2 Å². The van der Waals surface area contributed by atoms with Gasteiger partial charge in [0.2, 0.25) is 0 Å². The maximum absolute atomic E-state index is 13.5. The number of hydrogen-bond acceptors (Lipinski definition) is 6. The van der Waals surface area contributed by atoms with Crippen LogP contribution in [-0.4, -0.2) is 47.5 Å². The van der Waals surface area contributed by atoms with Crippen molar-refractivity contribution in [3.8, 4) is 17.2 Å². The quantitative estimate of drug-likeness (QED) is 0.295. The summed E-state index contributed by atoms with van der Waals surface area (Å²) in [7, 11) is 0. The van der Waals surface area contributed by atoms with Crippen LogP contribution >= 0.6 is 11.6 Å². The van der Waals surface area contributed by atoms with Crippen LogP contribution in [0.4, 0.5) is 5.69 Å². The third-order valence-corrected chi connectivity index (χ3v) is 7.10. The van der Waals surface area contributed by atoms with Gasteiger partial charge in [0.25, 0.3) is 5.91 Å². The summed E-state index contributed by atoms with van der Waals surface area (Å²) in [6.45, 7) is 6.70. The predicted octanol–water partition coefficient (Wildman–Crippen LogP) is 5.84. The second-order valence-electron chi connectivity index (χ2n) is 9.82. The summed E-state index contributed by atoms with van der Waals surface area (Å²) in [6, 6.07) is 17.7. The molecule has 39 heavy (non-hydrogen) atoms. The highest BCUT2D eigenvalue weighted by Gasteiger charge is 2.35. The van der Waals surface area contributed by atoms with Crippen molar-refractivity contribution < 1.29 is 29.0 Å². The standard InChI is InChI=1S/C30H31ClN2O6/c1-4-38-29(37)27(35)32-21-15-19(2)26(24(31)16-21)39-22-11-12-25(34)23(17-22)28(36)33-14-8-13-30(3,18-33)20-9-6-5-7-10-20/h5-7,9-12,15-17,34H,4,8,13-14,18H2,1-3H3,(H,32,35). The minimum atomic E-state index is -0.995. The van der Waals surface area contributed by atoms with Crippen molar-refractivity contribution in [2.24, 2.45) is 0 Å². The van der Waals surface area contributed by atoms with Crippen molar-refractivity contribution in [1.29, 1.82) is 0 Å². The van der Waals surface area contributed by atoms with Crippen LogP contribution in [0.25, 0.3) is 0 Å². The summed E-state index contributed by atoms with van der Waals surface area (Å²) < 4.78 is 10.7. The van der Waals surface area contributed by atoms with E-state index in [1.54, 1.807) is 30.9 Å². The van der Waals surface area contributed by atoms with Gasteiger partial charge in [0, 0.05) is 24.2 Å². The molecule has 1 fully saturated rings. The zero-order chi connectivity index (χ0) is 28.2. The number of aryl methyl sites for hydroxylation is 1. The molecule has 4 rings (SSSR count). The summed E-state index contributed by atoms with van der Waals surface area (Å²) >= 11 is 6.44. The zero-order valence-corrected chi connectivity index (χ0v) is 22.9. The van der Waals surface area contributed by atoms with Crippen LogP contribution in [0.2, 0.25) is 5.02 Å². The van der Waals surface area contributed by atoms with Gasteiger partial charge in [-0.1, -0.05) is 48.9 Å². The Morgan fingerprint density at radius 1 is 1.10 bits per heavy atom. The van der Waals surface area contributed by atoms with E-state index in [2.05, 4.69) is 24.4 Å². The number of likely N-dealkylation sites (tertiary alicyclic amines) is 1. The fraction of sp³-hybridized carbons (Fsp3) is 0.300. The number of halogens is 1. The van der Waals surface area contributed by atoms with E-state index in [1.165, 1.54) is 23.8 Å². The van der Waals surface area contributed by atoms with Crippen molar-refractivity contribution in [2.75, 3.05) is 25.0 Å². The smallest absolute Gasteiger partial charge is 0.397 e. The topological polar surface area (TPSA) is 105 Å². The number of carbonyl (C=O) groups excluding carboxylic acids is 3. The Labute approximate surface area is 232 Å². The van der Waals surface area contributed by atoms with Gasteiger partial charge in [-0.2, -0.15) is 0 Å². The summed E-state index contributed by atoms with van der Waals surface area (Å²) in [5.41, 5.74) is 2.01. The van der Waals surface area contributed by atoms with Crippen LogP contribution in [0.15, 0.2) is 60.7 Å². The van der Waals surface area contributed by atoms with Gasteiger partial charge in [0.15, 0.2) is 0 Å². The number of rotatable bonds is 6. The average Bonchev–Trinajstić information content (AvgIpc) is 2.92. The number of phenols is 1. The van der Waals surface area contributed by atoms with Crippen molar-refractivity contribution in [3.05, 3.63) is 82.4 Å². The monoisotopic (exact) mass is 550 g/mol. The SMILES string of the molecule is CCOC(=O)C(=O)Nc1cc(C)c(Oc2ccc(O)c(C(=O)N3CCCC(C)(c4ccccc4)C3)c2)c(Cl)c1. The molecule has 2 amide bonds. The molecule has 204 valence electrons. The second kappa shape index (κ2) is 11.8. The van der Waals surface area contributed by atoms with Crippen LogP contribution in [0.5, 0.6) is 17.2 Å². The maximum atomic E-state index is 13.5. The fourth-order valence-corrected chi connectivity index (χ4v) is 5.14. The Balaban J connectivity index is 1.52. The Kier molecular flexibility index (Phi) is 8.45. The molecule has 1 saturated heterocycles. The number of piperidine rings is 1. The first-order valence-corrected chi connectivity index (χ1v) is 13.1. The largest absolute Gasteiger partial charge is 0.507 e. The van der Waals surface area contributed by atoms with Crippen LogP contribution in [0, 0.1) is 6.92 Å². The van der Waals surface area contributed by atoms with E-state index < -0.39 is 11.9 Å². The molecule has 1 atom stereocenters. The number of nitrogens with one attached hydrogen (secondary N) is 1. The summed E-state index contributed by atoms with van der Waals surface area (Å²) in [4.78, 5) is 38.9. The van der Waals surface area contributed by atoms with E-state index in [0.29, 0.717) is 35.8 Å². The number of amides is 2. The molecule has 1 heterocycles. The number of nitrogens with zero attached hydrogens (tertiary/aromatic N) is 1. The minimum Gasteiger partial charge on any atom is -0.507 e. The lowest BCUT2D eigenvalue weighted by atomic mass is 9.76. The van der Waals surface area contributed by atoms with Crippen LogP contribution in [0.1, 0.15) is 48.2 Å². The van der Waals surface area contributed by atoms with Crippen molar-refractivity contribution in [3.63, 3.8) is 0 Å². The van der Waals surface area contributed by atoms with Gasteiger partial charge in [0.05, 0.1) is 17.2 Å². The van der Waals surface area contributed by atoms with E-state index in [4.69, 9.17) is 21.1 Å². The molecule has 1 unspecified atom stereocenters. The number of esters is 1. The predicted molar refractivity (Wildman–Crippen MR) is 149 cm³/mol. The number of aromatic hydroxyl groups is 1. The molecule has 0 aliphatic carbocycles. The lowest BCUT2D eigenvalue weighted by molar-refractivity contribution is -0.152. The Bertz CT molecular complexity index is 1370. The molecule has 2 N–H and O–H groups in total. The molecule has 1 aliphatic heterocycles. The summed E-state index contributed by atoms with van der Waals surface area (Å²) in [5, 5.41) is 13.2. The van der Waals surface area contributed by atoms with Crippen molar-refractivity contribution in [1.82, 2.24) is 4.90 Å². The number of benzene rings is 3. The van der Waals surface area contributed by atoms with Gasteiger partial charge >= 0.3 is 11.9 Å². The number of anilines is 1.